The van der Waals surface area contributed by atoms with Crippen LogP contribution in [0.1, 0.15) is 23.6 Å². The van der Waals surface area contributed by atoms with Crippen molar-refractivity contribution in [2.45, 2.75) is 38.5 Å². The summed E-state index contributed by atoms with van der Waals surface area (Å²) in [6.07, 6.45) is 1.84. The fourth-order valence-corrected chi connectivity index (χ4v) is 2.87. The highest BCUT2D eigenvalue weighted by Gasteiger charge is 2.25. The Kier molecular flexibility index (Phi) is 4.90. The maximum Gasteiger partial charge on any atom is 0.151 e. The monoisotopic (exact) mass is 270 g/mol. The van der Waals surface area contributed by atoms with E-state index < -0.39 is 15.1 Å². The molecule has 102 valence electrons. The molecule has 0 aliphatic carbocycles. The van der Waals surface area contributed by atoms with Gasteiger partial charge in [-0.3, -0.25) is 11.3 Å². The van der Waals surface area contributed by atoms with Crippen molar-refractivity contribution >= 4 is 9.84 Å². The van der Waals surface area contributed by atoms with Gasteiger partial charge in [-0.05, 0) is 32.8 Å². The zero-order chi connectivity index (χ0) is 13.9. The van der Waals surface area contributed by atoms with E-state index in [-0.39, 0.29) is 6.04 Å². The molecule has 0 amide bonds. The van der Waals surface area contributed by atoms with Gasteiger partial charge in [-0.2, -0.15) is 0 Å². The third-order valence-electron chi connectivity index (χ3n) is 3.19. The van der Waals surface area contributed by atoms with Crippen LogP contribution in [0.2, 0.25) is 0 Å². The van der Waals surface area contributed by atoms with Crippen LogP contribution in [-0.2, 0) is 16.3 Å². The van der Waals surface area contributed by atoms with Gasteiger partial charge in [0.05, 0.1) is 5.25 Å². The first-order chi connectivity index (χ1) is 8.24. The fraction of sp³-hybridized carbons (Fsp3) is 0.538. The van der Waals surface area contributed by atoms with Gasteiger partial charge < -0.3 is 0 Å². The lowest BCUT2D eigenvalue weighted by Gasteiger charge is -2.22. The Labute approximate surface area is 109 Å². The third kappa shape index (κ3) is 4.08. The van der Waals surface area contributed by atoms with Gasteiger partial charge in [0.25, 0.3) is 0 Å². The predicted octanol–water partition coefficient (Wildman–Crippen LogP) is 1.11. The van der Waals surface area contributed by atoms with E-state index >= 15 is 0 Å². The van der Waals surface area contributed by atoms with Crippen LogP contribution >= 0.6 is 0 Å². The van der Waals surface area contributed by atoms with E-state index in [9.17, 15) is 8.42 Å². The zero-order valence-corrected chi connectivity index (χ0v) is 12.2. The van der Waals surface area contributed by atoms with Crippen LogP contribution in [0.25, 0.3) is 0 Å². The number of nitrogens with two attached hydrogens (primary N) is 1. The van der Waals surface area contributed by atoms with Crippen molar-refractivity contribution in [1.29, 1.82) is 0 Å². The third-order valence-corrected chi connectivity index (χ3v) is 4.87. The number of sulfone groups is 1. The van der Waals surface area contributed by atoms with Gasteiger partial charge in [0.15, 0.2) is 9.84 Å². The molecule has 0 spiro atoms. The molecule has 0 saturated heterocycles. The molecule has 0 aliphatic heterocycles. The SMILES string of the molecule is Cc1cc(C)cc(CC(NN)C(C)S(C)(=O)=O)c1. The summed E-state index contributed by atoms with van der Waals surface area (Å²) in [4.78, 5) is 0. The number of aryl methyl sites for hydroxylation is 2. The highest BCUT2D eigenvalue weighted by atomic mass is 32.2. The maximum absolute atomic E-state index is 11.6. The second-order valence-electron chi connectivity index (χ2n) is 5.01. The van der Waals surface area contributed by atoms with E-state index in [0.717, 1.165) is 5.56 Å². The average molecular weight is 270 g/mol. The molecule has 0 bridgehead atoms. The Morgan fingerprint density at radius 3 is 2.11 bits per heavy atom. The van der Waals surface area contributed by atoms with Crippen LogP contribution in [0, 0.1) is 13.8 Å². The van der Waals surface area contributed by atoms with Gasteiger partial charge in [-0.1, -0.05) is 29.3 Å². The van der Waals surface area contributed by atoms with Gasteiger partial charge in [0.1, 0.15) is 0 Å². The summed E-state index contributed by atoms with van der Waals surface area (Å²) in [5.41, 5.74) is 6.07. The number of rotatable bonds is 5. The summed E-state index contributed by atoms with van der Waals surface area (Å²) in [5, 5.41) is -0.511. The summed E-state index contributed by atoms with van der Waals surface area (Å²) in [6, 6.07) is 5.94. The lowest BCUT2D eigenvalue weighted by molar-refractivity contribution is 0.494. The molecular weight excluding hydrogens is 248 g/mol. The summed E-state index contributed by atoms with van der Waals surface area (Å²) in [5.74, 6) is 5.48. The largest absolute Gasteiger partial charge is 0.271 e. The lowest BCUT2D eigenvalue weighted by atomic mass is 10.00. The molecule has 0 radical (unpaired) electrons. The normalized spacial score (nSPS) is 15.4. The van der Waals surface area contributed by atoms with Crippen LogP contribution in [0.15, 0.2) is 18.2 Å². The first-order valence-electron chi connectivity index (χ1n) is 5.96. The van der Waals surface area contributed by atoms with Crippen LogP contribution in [0.5, 0.6) is 0 Å². The summed E-state index contributed by atoms with van der Waals surface area (Å²) < 4.78 is 23.1. The minimum Gasteiger partial charge on any atom is -0.271 e. The smallest absolute Gasteiger partial charge is 0.151 e. The number of hydrogen-bond acceptors (Lipinski definition) is 4. The Morgan fingerprint density at radius 2 is 1.72 bits per heavy atom. The molecule has 0 heterocycles. The molecule has 4 nitrogen and oxygen atoms in total. The summed E-state index contributed by atoms with van der Waals surface area (Å²) in [7, 11) is -3.10. The maximum atomic E-state index is 11.6. The van der Waals surface area contributed by atoms with Crippen LogP contribution in [0.3, 0.4) is 0 Å². The van der Waals surface area contributed by atoms with Crippen molar-refractivity contribution in [3.8, 4) is 0 Å². The van der Waals surface area contributed by atoms with Crippen molar-refractivity contribution in [2.24, 2.45) is 5.84 Å². The van der Waals surface area contributed by atoms with Crippen molar-refractivity contribution in [2.75, 3.05) is 6.26 Å². The Balaban J connectivity index is 2.93. The lowest BCUT2D eigenvalue weighted by Crippen LogP contribution is -2.47. The molecule has 1 aromatic rings. The van der Waals surface area contributed by atoms with Crippen molar-refractivity contribution in [1.82, 2.24) is 5.43 Å². The molecule has 5 heteroatoms. The molecule has 3 N–H and O–H groups in total. The molecule has 0 fully saturated rings. The van der Waals surface area contributed by atoms with Crippen molar-refractivity contribution in [3.05, 3.63) is 34.9 Å². The van der Waals surface area contributed by atoms with E-state index in [1.807, 2.05) is 13.8 Å². The van der Waals surface area contributed by atoms with E-state index in [2.05, 4.69) is 23.6 Å². The zero-order valence-electron chi connectivity index (χ0n) is 11.4. The topological polar surface area (TPSA) is 72.2 Å². The minimum atomic E-state index is -3.10. The van der Waals surface area contributed by atoms with Gasteiger partial charge in [0.2, 0.25) is 0 Å². The molecule has 0 aromatic heterocycles. The molecule has 1 aromatic carbocycles. The molecule has 1 rings (SSSR count). The van der Waals surface area contributed by atoms with E-state index in [0.29, 0.717) is 6.42 Å². The van der Waals surface area contributed by atoms with Crippen LogP contribution in [-0.4, -0.2) is 26.0 Å². The first kappa shape index (κ1) is 15.1. The fourth-order valence-electron chi connectivity index (χ4n) is 2.10. The molecule has 18 heavy (non-hydrogen) atoms. The van der Waals surface area contributed by atoms with Crippen molar-refractivity contribution < 1.29 is 8.42 Å². The molecule has 2 unspecified atom stereocenters. The highest BCUT2D eigenvalue weighted by molar-refractivity contribution is 7.91. The second-order valence-corrected chi connectivity index (χ2v) is 7.41. The van der Waals surface area contributed by atoms with Gasteiger partial charge in [0, 0.05) is 12.3 Å². The highest BCUT2D eigenvalue weighted by Crippen LogP contribution is 2.14. The Bertz CT molecular complexity index is 491. The van der Waals surface area contributed by atoms with Gasteiger partial charge in [-0.15, -0.1) is 0 Å². The quantitative estimate of drug-likeness (QED) is 0.621. The minimum absolute atomic E-state index is 0.277. The molecule has 2 atom stereocenters. The van der Waals surface area contributed by atoms with E-state index in [1.165, 1.54) is 17.4 Å². The summed E-state index contributed by atoms with van der Waals surface area (Å²) >= 11 is 0. The number of benzene rings is 1. The first-order valence-corrected chi connectivity index (χ1v) is 7.91. The van der Waals surface area contributed by atoms with Crippen LogP contribution < -0.4 is 11.3 Å². The molecular formula is C13H22N2O2S. The number of hydrazine groups is 1. The predicted molar refractivity (Wildman–Crippen MR) is 75.0 cm³/mol. The van der Waals surface area contributed by atoms with E-state index in [1.54, 1.807) is 6.92 Å². The average Bonchev–Trinajstić information content (AvgIpc) is 2.22. The van der Waals surface area contributed by atoms with Gasteiger partial charge in [-0.25, -0.2) is 8.42 Å². The summed E-state index contributed by atoms with van der Waals surface area (Å²) in [6.45, 7) is 5.74. The number of nitrogens with one attached hydrogen (secondary N) is 1. The standard InChI is InChI=1S/C13H22N2O2S/c1-9-5-10(2)7-12(6-9)8-13(15-14)11(3)18(4,16)17/h5-7,11,13,15H,8,14H2,1-4H3. The number of hydrogen-bond donors (Lipinski definition) is 2. The Morgan fingerprint density at radius 1 is 1.22 bits per heavy atom. The van der Waals surface area contributed by atoms with Gasteiger partial charge >= 0.3 is 0 Å². The van der Waals surface area contributed by atoms with Crippen LogP contribution in [0.4, 0.5) is 0 Å². The second kappa shape index (κ2) is 5.82. The van der Waals surface area contributed by atoms with E-state index in [4.69, 9.17) is 5.84 Å². The van der Waals surface area contributed by atoms with Crippen molar-refractivity contribution in [3.63, 3.8) is 0 Å². The molecule has 0 aliphatic rings. The molecule has 0 saturated carbocycles. The Hall–Kier alpha value is -0.910.